The zero-order chi connectivity index (χ0) is 19.2. The van der Waals surface area contributed by atoms with Crippen LogP contribution in [0.2, 0.25) is 0 Å². The first kappa shape index (κ1) is 18.4. The molecule has 0 saturated heterocycles. The number of ether oxygens (including phenoxy) is 2. The van der Waals surface area contributed by atoms with Crippen molar-refractivity contribution in [3.05, 3.63) is 66.2 Å². The lowest BCUT2D eigenvalue weighted by atomic mass is 10.1. The summed E-state index contributed by atoms with van der Waals surface area (Å²) in [5.41, 5.74) is 2.06. The number of carbonyl (C=O) groups is 1. The molecule has 1 heterocycles. The Balaban J connectivity index is 1.74. The minimum absolute atomic E-state index is 0.0790. The van der Waals surface area contributed by atoms with Crippen LogP contribution in [-0.4, -0.2) is 29.3 Å². The van der Waals surface area contributed by atoms with Crippen molar-refractivity contribution < 1.29 is 14.3 Å². The molecule has 0 atom stereocenters. The van der Waals surface area contributed by atoms with Crippen LogP contribution >= 0.6 is 0 Å². The predicted molar refractivity (Wildman–Crippen MR) is 103 cm³/mol. The highest BCUT2D eigenvalue weighted by atomic mass is 16.5. The molecule has 1 aromatic heterocycles. The molecule has 0 spiro atoms. The molecule has 138 valence electrons. The van der Waals surface area contributed by atoms with E-state index in [1.807, 2.05) is 44.2 Å². The topological polar surface area (TPSA) is 73.3 Å². The Bertz CT molecular complexity index is 907. The molecule has 0 aliphatic rings. The normalized spacial score (nSPS) is 10.5. The van der Waals surface area contributed by atoms with Crippen LogP contribution in [0.1, 0.15) is 24.2 Å². The predicted octanol–water partition coefficient (Wildman–Crippen LogP) is 4.08. The van der Waals surface area contributed by atoms with Gasteiger partial charge in [-0.15, -0.1) is 10.2 Å². The summed E-state index contributed by atoms with van der Waals surface area (Å²) in [5, 5.41) is 11.2. The molecular weight excluding hydrogens is 342 g/mol. The van der Waals surface area contributed by atoms with Crippen molar-refractivity contribution in [3.8, 4) is 28.6 Å². The first-order valence-corrected chi connectivity index (χ1v) is 8.62. The zero-order valence-electron chi connectivity index (χ0n) is 15.5. The van der Waals surface area contributed by atoms with E-state index in [4.69, 9.17) is 9.47 Å². The number of benzene rings is 2. The van der Waals surface area contributed by atoms with Crippen molar-refractivity contribution in [2.75, 3.05) is 7.11 Å². The minimum atomic E-state index is -0.112. The number of hydrogen-bond donors (Lipinski definition) is 1. The third-order valence-electron chi connectivity index (χ3n) is 3.76. The van der Waals surface area contributed by atoms with E-state index in [0.29, 0.717) is 22.9 Å². The Hall–Kier alpha value is -3.41. The molecule has 6 nitrogen and oxygen atoms in total. The van der Waals surface area contributed by atoms with Gasteiger partial charge in [-0.2, -0.15) is 0 Å². The van der Waals surface area contributed by atoms with Gasteiger partial charge in [-0.05, 0) is 56.3 Å². The van der Waals surface area contributed by atoms with Crippen molar-refractivity contribution in [3.63, 3.8) is 0 Å². The fourth-order valence-corrected chi connectivity index (χ4v) is 2.46. The molecular formula is C21H21N3O3. The molecule has 1 amide bonds. The van der Waals surface area contributed by atoms with Gasteiger partial charge in [0.15, 0.2) is 0 Å². The summed E-state index contributed by atoms with van der Waals surface area (Å²) in [7, 11) is 1.61. The van der Waals surface area contributed by atoms with E-state index < -0.39 is 0 Å². The van der Waals surface area contributed by atoms with Gasteiger partial charge in [0.1, 0.15) is 11.5 Å². The number of rotatable bonds is 6. The summed E-state index contributed by atoms with van der Waals surface area (Å²) < 4.78 is 10.8. The van der Waals surface area contributed by atoms with Crippen molar-refractivity contribution in [2.24, 2.45) is 0 Å². The van der Waals surface area contributed by atoms with Crippen LogP contribution in [0.3, 0.4) is 0 Å². The second-order valence-electron chi connectivity index (χ2n) is 6.24. The fourth-order valence-electron chi connectivity index (χ4n) is 2.46. The average Bonchev–Trinajstić information content (AvgIpc) is 2.69. The van der Waals surface area contributed by atoms with Crippen LogP contribution in [0.15, 0.2) is 60.7 Å². The summed E-state index contributed by atoms with van der Waals surface area (Å²) in [6.07, 6.45) is 0. The third kappa shape index (κ3) is 4.82. The van der Waals surface area contributed by atoms with E-state index in [1.54, 1.807) is 37.4 Å². The van der Waals surface area contributed by atoms with Crippen molar-refractivity contribution in [1.82, 2.24) is 15.5 Å². The third-order valence-corrected chi connectivity index (χ3v) is 3.76. The molecule has 0 aliphatic carbocycles. The van der Waals surface area contributed by atoms with Crippen LogP contribution < -0.4 is 14.8 Å². The zero-order valence-corrected chi connectivity index (χ0v) is 15.5. The molecule has 0 bridgehead atoms. The van der Waals surface area contributed by atoms with Crippen LogP contribution in [0.5, 0.6) is 17.4 Å². The molecule has 0 saturated carbocycles. The van der Waals surface area contributed by atoms with Gasteiger partial charge in [0.25, 0.3) is 5.91 Å². The molecule has 6 heteroatoms. The van der Waals surface area contributed by atoms with Crippen molar-refractivity contribution in [2.45, 2.75) is 19.9 Å². The number of nitrogens with one attached hydrogen (secondary N) is 1. The number of nitrogens with zero attached hydrogens (tertiary/aromatic N) is 2. The quantitative estimate of drug-likeness (QED) is 0.714. The van der Waals surface area contributed by atoms with Gasteiger partial charge in [-0.3, -0.25) is 4.79 Å². The van der Waals surface area contributed by atoms with Gasteiger partial charge < -0.3 is 14.8 Å². The summed E-state index contributed by atoms with van der Waals surface area (Å²) in [5.74, 6) is 1.67. The molecule has 0 fully saturated rings. The highest BCUT2D eigenvalue weighted by Crippen LogP contribution is 2.24. The van der Waals surface area contributed by atoms with Gasteiger partial charge in [0, 0.05) is 23.2 Å². The molecule has 27 heavy (non-hydrogen) atoms. The summed E-state index contributed by atoms with van der Waals surface area (Å²) in [4.78, 5) is 12.2. The standard InChI is InChI=1S/C21H21N3O3/c1-14(2)22-21(25)16-6-4-5-15(13-16)19-11-12-20(24-23-19)27-18-9-7-17(26-3)8-10-18/h4-14H,1-3H3,(H,22,25). The molecule has 2 aromatic carbocycles. The Labute approximate surface area is 158 Å². The molecule has 0 aliphatic heterocycles. The Morgan fingerprint density at radius 2 is 1.70 bits per heavy atom. The maximum absolute atomic E-state index is 12.2. The SMILES string of the molecule is COc1ccc(Oc2ccc(-c3cccc(C(=O)NC(C)C)c3)nn2)cc1. The highest BCUT2D eigenvalue weighted by molar-refractivity contribution is 5.95. The van der Waals surface area contributed by atoms with Gasteiger partial charge in [-0.1, -0.05) is 12.1 Å². The smallest absolute Gasteiger partial charge is 0.251 e. The maximum Gasteiger partial charge on any atom is 0.251 e. The Morgan fingerprint density at radius 1 is 0.963 bits per heavy atom. The van der Waals surface area contributed by atoms with Gasteiger partial charge in [-0.25, -0.2) is 0 Å². The molecule has 3 aromatic rings. The summed E-state index contributed by atoms with van der Waals surface area (Å²) in [6, 6.07) is 18.1. The largest absolute Gasteiger partial charge is 0.497 e. The maximum atomic E-state index is 12.2. The van der Waals surface area contributed by atoms with Gasteiger partial charge in [0.2, 0.25) is 5.88 Å². The number of methoxy groups -OCH3 is 1. The Kier molecular flexibility index (Phi) is 5.66. The highest BCUT2D eigenvalue weighted by Gasteiger charge is 2.09. The van der Waals surface area contributed by atoms with Crippen LogP contribution in [0.25, 0.3) is 11.3 Å². The first-order chi connectivity index (χ1) is 13.0. The number of aromatic nitrogens is 2. The van der Waals surface area contributed by atoms with Gasteiger partial charge >= 0.3 is 0 Å². The lowest BCUT2D eigenvalue weighted by Crippen LogP contribution is -2.30. The fraction of sp³-hybridized carbons (Fsp3) is 0.190. The molecule has 1 N–H and O–H groups in total. The van der Waals surface area contributed by atoms with Crippen molar-refractivity contribution >= 4 is 5.91 Å². The molecule has 0 unspecified atom stereocenters. The van der Waals surface area contributed by atoms with Crippen LogP contribution in [-0.2, 0) is 0 Å². The lowest BCUT2D eigenvalue weighted by Gasteiger charge is -2.09. The summed E-state index contributed by atoms with van der Waals surface area (Å²) >= 11 is 0. The second-order valence-corrected chi connectivity index (χ2v) is 6.24. The summed E-state index contributed by atoms with van der Waals surface area (Å²) in [6.45, 7) is 3.85. The van der Waals surface area contributed by atoms with E-state index >= 15 is 0 Å². The van der Waals surface area contributed by atoms with Crippen molar-refractivity contribution in [1.29, 1.82) is 0 Å². The van der Waals surface area contributed by atoms with E-state index in [0.717, 1.165) is 11.3 Å². The minimum Gasteiger partial charge on any atom is -0.497 e. The van der Waals surface area contributed by atoms with E-state index in [2.05, 4.69) is 15.5 Å². The molecule has 3 rings (SSSR count). The van der Waals surface area contributed by atoms with E-state index in [9.17, 15) is 4.79 Å². The van der Waals surface area contributed by atoms with E-state index in [-0.39, 0.29) is 11.9 Å². The Morgan fingerprint density at radius 3 is 2.33 bits per heavy atom. The number of hydrogen-bond acceptors (Lipinski definition) is 5. The number of amides is 1. The lowest BCUT2D eigenvalue weighted by molar-refractivity contribution is 0.0943. The first-order valence-electron chi connectivity index (χ1n) is 8.62. The van der Waals surface area contributed by atoms with Crippen LogP contribution in [0, 0.1) is 0 Å². The number of carbonyl (C=O) groups excluding carboxylic acids is 1. The second kappa shape index (κ2) is 8.31. The van der Waals surface area contributed by atoms with Gasteiger partial charge in [0.05, 0.1) is 12.8 Å². The monoisotopic (exact) mass is 363 g/mol. The average molecular weight is 363 g/mol. The van der Waals surface area contributed by atoms with Crippen LogP contribution in [0.4, 0.5) is 0 Å². The molecule has 0 radical (unpaired) electrons. The van der Waals surface area contributed by atoms with E-state index in [1.165, 1.54) is 0 Å².